The maximum Gasteiger partial charge on any atom is 0.164 e. The van der Waals surface area contributed by atoms with E-state index in [0.717, 1.165) is 13.0 Å². The number of nitrogens with zero attached hydrogens (tertiary/aromatic N) is 3. The van der Waals surface area contributed by atoms with Crippen LogP contribution in [0.2, 0.25) is 0 Å². The van der Waals surface area contributed by atoms with E-state index in [-0.39, 0.29) is 6.10 Å². The lowest BCUT2D eigenvalue weighted by molar-refractivity contribution is 0.141. The zero-order valence-corrected chi connectivity index (χ0v) is 9.17. The quantitative estimate of drug-likeness (QED) is 0.823. The summed E-state index contributed by atoms with van der Waals surface area (Å²) in [7, 11) is 0. The third-order valence-electron chi connectivity index (χ3n) is 2.69. The van der Waals surface area contributed by atoms with Gasteiger partial charge in [0.05, 0.1) is 24.8 Å². The van der Waals surface area contributed by atoms with Crippen molar-refractivity contribution in [3.8, 4) is 5.75 Å². The van der Waals surface area contributed by atoms with Gasteiger partial charge in [-0.05, 0) is 6.07 Å². The monoisotopic (exact) mass is 232 g/mol. The topological polar surface area (TPSA) is 83.2 Å². The molecule has 0 aromatic carbocycles. The van der Waals surface area contributed by atoms with Crippen molar-refractivity contribution >= 4 is 16.9 Å². The fourth-order valence-electron chi connectivity index (χ4n) is 1.81. The van der Waals surface area contributed by atoms with Crippen LogP contribution in [-0.4, -0.2) is 34.3 Å². The highest BCUT2D eigenvalue weighted by Crippen LogP contribution is 2.22. The third-order valence-corrected chi connectivity index (χ3v) is 2.69. The van der Waals surface area contributed by atoms with E-state index in [2.05, 4.69) is 15.0 Å². The Balaban J connectivity index is 1.92. The van der Waals surface area contributed by atoms with Gasteiger partial charge in [-0.25, -0.2) is 15.0 Å². The van der Waals surface area contributed by atoms with Gasteiger partial charge >= 0.3 is 0 Å². The number of hydrogen-bond donors (Lipinski definition) is 1. The first-order valence-electron chi connectivity index (χ1n) is 5.43. The molecule has 0 aliphatic carbocycles. The fraction of sp³-hybridized carbons (Fsp3) is 0.364. The van der Waals surface area contributed by atoms with Gasteiger partial charge in [-0.1, -0.05) is 0 Å². The van der Waals surface area contributed by atoms with Gasteiger partial charge in [-0.15, -0.1) is 0 Å². The Labute approximate surface area is 97.8 Å². The number of hydrogen-bond acceptors (Lipinski definition) is 6. The average molecular weight is 232 g/mol. The lowest BCUT2D eigenvalue weighted by atomic mass is 10.3. The minimum absolute atomic E-state index is 0.0973. The van der Waals surface area contributed by atoms with Crippen molar-refractivity contribution in [3.05, 3.63) is 18.6 Å². The zero-order chi connectivity index (χ0) is 11.7. The Bertz CT molecular complexity index is 540. The third kappa shape index (κ3) is 1.99. The number of nitrogens with two attached hydrogens (primary N) is 1. The van der Waals surface area contributed by atoms with Crippen molar-refractivity contribution in [2.75, 3.05) is 18.9 Å². The van der Waals surface area contributed by atoms with Gasteiger partial charge in [0.1, 0.15) is 24.0 Å². The maximum atomic E-state index is 5.76. The van der Waals surface area contributed by atoms with Crippen LogP contribution in [0.5, 0.6) is 5.75 Å². The molecule has 0 amide bonds. The number of pyridine rings is 1. The second kappa shape index (κ2) is 4.14. The molecular weight excluding hydrogens is 220 g/mol. The minimum Gasteiger partial charge on any atom is -0.486 e. The summed E-state index contributed by atoms with van der Waals surface area (Å²) in [5.74, 6) is 1.09. The second-order valence-corrected chi connectivity index (χ2v) is 3.90. The molecule has 2 aromatic rings. The van der Waals surface area contributed by atoms with Crippen LogP contribution in [0.4, 0.5) is 5.82 Å². The van der Waals surface area contributed by atoms with Crippen LogP contribution in [0, 0.1) is 0 Å². The van der Waals surface area contributed by atoms with Crippen LogP contribution >= 0.6 is 0 Å². The predicted molar refractivity (Wildman–Crippen MR) is 61.6 cm³/mol. The zero-order valence-electron chi connectivity index (χ0n) is 9.17. The number of anilines is 1. The van der Waals surface area contributed by atoms with Crippen LogP contribution in [0.15, 0.2) is 18.6 Å². The largest absolute Gasteiger partial charge is 0.486 e. The van der Waals surface area contributed by atoms with Crippen molar-refractivity contribution in [2.45, 2.75) is 12.5 Å². The van der Waals surface area contributed by atoms with E-state index < -0.39 is 0 Å². The molecule has 88 valence electrons. The van der Waals surface area contributed by atoms with Crippen LogP contribution in [0.25, 0.3) is 11.0 Å². The Hall–Kier alpha value is -1.95. The van der Waals surface area contributed by atoms with Crippen molar-refractivity contribution in [1.82, 2.24) is 15.0 Å². The highest BCUT2D eigenvalue weighted by atomic mass is 16.5. The van der Waals surface area contributed by atoms with Crippen LogP contribution in [-0.2, 0) is 4.74 Å². The lowest BCUT2D eigenvalue weighted by Crippen LogP contribution is -2.15. The van der Waals surface area contributed by atoms with E-state index >= 15 is 0 Å². The first kappa shape index (κ1) is 10.2. The molecule has 0 saturated carbocycles. The minimum atomic E-state index is 0.0973. The molecule has 0 bridgehead atoms. The highest BCUT2D eigenvalue weighted by Gasteiger charge is 2.17. The van der Waals surface area contributed by atoms with E-state index in [1.807, 2.05) is 6.07 Å². The molecule has 2 aromatic heterocycles. The summed E-state index contributed by atoms with van der Waals surface area (Å²) in [4.78, 5) is 12.1. The summed E-state index contributed by atoms with van der Waals surface area (Å²) in [5.41, 5.74) is 6.34. The molecule has 3 rings (SSSR count). The van der Waals surface area contributed by atoms with E-state index in [0.29, 0.717) is 29.2 Å². The molecule has 3 heterocycles. The number of nitrogen functional groups attached to an aromatic ring is 1. The molecule has 1 saturated heterocycles. The molecule has 17 heavy (non-hydrogen) atoms. The normalized spacial score (nSPS) is 19.6. The van der Waals surface area contributed by atoms with Crippen molar-refractivity contribution < 1.29 is 9.47 Å². The Morgan fingerprint density at radius 1 is 1.35 bits per heavy atom. The van der Waals surface area contributed by atoms with E-state index in [1.165, 1.54) is 6.33 Å². The van der Waals surface area contributed by atoms with E-state index in [1.54, 1.807) is 6.20 Å². The van der Waals surface area contributed by atoms with Crippen molar-refractivity contribution in [2.24, 2.45) is 0 Å². The molecule has 2 N–H and O–H groups in total. The summed E-state index contributed by atoms with van der Waals surface area (Å²) in [6, 6.07) is 1.82. The molecule has 1 atom stereocenters. The summed E-state index contributed by atoms with van der Waals surface area (Å²) in [6.07, 6.45) is 4.04. The highest BCUT2D eigenvalue weighted by molar-refractivity contribution is 5.85. The Morgan fingerprint density at radius 3 is 3.12 bits per heavy atom. The SMILES string of the molecule is Nc1ncnc2ncc(O[C@H]3CCOC3)cc12. The van der Waals surface area contributed by atoms with Gasteiger partial charge in [0, 0.05) is 6.42 Å². The summed E-state index contributed by atoms with van der Waals surface area (Å²) >= 11 is 0. The van der Waals surface area contributed by atoms with E-state index in [4.69, 9.17) is 15.2 Å². The molecule has 1 fully saturated rings. The standard InChI is InChI=1S/C11H12N4O2/c12-10-9-3-8(17-7-1-2-16-5-7)4-13-11(9)15-6-14-10/h3-4,6-7H,1-2,5H2,(H2,12,13,14,15)/t7-/m0/s1. The molecule has 6 heteroatoms. The maximum absolute atomic E-state index is 5.76. The average Bonchev–Trinajstić information content (AvgIpc) is 2.83. The van der Waals surface area contributed by atoms with Gasteiger partial charge < -0.3 is 15.2 Å². The molecule has 0 radical (unpaired) electrons. The number of ether oxygens (including phenoxy) is 2. The second-order valence-electron chi connectivity index (χ2n) is 3.90. The summed E-state index contributed by atoms with van der Waals surface area (Å²) in [6.45, 7) is 1.37. The van der Waals surface area contributed by atoms with Crippen molar-refractivity contribution in [1.29, 1.82) is 0 Å². The molecule has 1 aliphatic rings. The predicted octanol–water partition coefficient (Wildman–Crippen LogP) is 0.775. The van der Waals surface area contributed by atoms with Gasteiger partial charge in [-0.3, -0.25) is 0 Å². The number of aromatic nitrogens is 3. The Kier molecular flexibility index (Phi) is 2.49. The summed E-state index contributed by atoms with van der Waals surface area (Å²) in [5, 5.41) is 0.712. The molecule has 6 nitrogen and oxygen atoms in total. The first-order valence-corrected chi connectivity index (χ1v) is 5.43. The lowest BCUT2D eigenvalue weighted by Gasteiger charge is -2.11. The van der Waals surface area contributed by atoms with Gasteiger partial charge in [0.2, 0.25) is 0 Å². The molecule has 0 spiro atoms. The summed E-state index contributed by atoms with van der Waals surface area (Å²) < 4.78 is 11.0. The fourth-order valence-corrected chi connectivity index (χ4v) is 1.81. The number of rotatable bonds is 2. The molecule has 0 unspecified atom stereocenters. The van der Waals surface area contributed by atoms with Crippen molar-refractivity contribution in [3.63, 3.8) is 0 Å². The van der Waals surface area contributed by atoms with Gasteiger partial charge in [0.15, 0.2) is 5.65 Å². The van der Waals surface area contributed by atoms with Crippen LogP contribution in [0.1, 0.15) is 6.42 Å². The van der Waals surface area contributed by atoms with Gasteiger partial charge in [0.25, 0.3) is 0 Å². The van der Waals surface area contributed by atoms with E-state index in [9.17, 15) is 0 Å². The van der Waals surface area contributed by atoms with Gasteiger partial charge in [-0.2, -0.15) is 0 Å². The van der Waals surface area contributed by atoms with Crippen LogP contribution < -0.4 is 10.5 Å². The Morgan fingerprint density at radius 2 is 2.29 bits per heavy atom. The molecular formula is C11H12N4O2. The molecule has 1 aliphatic heterocycles. The number of fused-ring (bicyclic) bond motifs is 1. The van der Waals surface area contributed by atoms with Crippen LogP contribution in [0.3, 0.4) is 0 Å². The first-order chi connectivity index (χ1) is 8.33. The smallest absolute Gasteiger partial charge is 0.164 e.